The van der Waals surface area contributed by atoms with Crippen molar-refractivity contribution in [2.75, 3.05) is 0 Å². The summed E-state index contributed by atoms with van der Waals surface area (Å²) in [6, 6.07) is 8.01. The van der Waals surface area contributed by atoms with E-state index in [9.17, 15) is 0 Å². The Hall–Kier alpha value is -1.62. The second-order valence-electron chi connectivity index (χ2n) is 4.02. The summed E-state index contributed by atoms with van der Waals surface area (Å²) in [6.45, 7) is 1.97. The van der Waals surface area contributed by atoms with E-state index in [4.69, 9.17) is 0 Å². The molecule has 3 aromatic rings. The number of aryl methyl sites for hydroxylation is 2. The van der Waals surface area contributed by atoms with Crippen molar-refractivity contribution in [3.8, 4) is 11.5 Å². The molecule has 0 saturated heterocycles. The predicted octanol–water partition coefficient (Wildman–Crippen LogP) is 3.03. The maximum absolute atomic E-state index is 4.59. The lowest BCUT2D eigenvalue weighted by atomic mass is 10.3. The van der Waals surface area contributed by atoms with Crippen molar-refractivity contribution in [3.05, 3.63) is 34.4 Å². The number of nitrogens with zero attached hydrogens (tertiary/aromatic N) is 3. The molecule has 86 valence electrons. The summed E-state index contributed by atoms with van der Waals surface area (Å²) in [5.74, 6) is 0.843. The van der Waals surface area contributed by atoms with Crippen LogP contribution in [-0.2, 0) is 7.05 Å². The Morgan fingerprint density at radius 1 is 1.35 bits per heavy atom. The fourth-order valence-corrected chi connectivity index (χ4v) is 2.41. The smallest absolute Gasteiger partial charge is 0.156 e. The fraction of sp³-hybridized carbons (Fsp3) is 0.167. The zero-order valence-corrected chi connectivity index (χ0v) is 11.1. The third-order valence-electron chi connectivity index (χ3n) is 2.71. The summed E-state index contributed by atoms with van der Waals surface area (Å²) in [5, 5.41) is 4.32. The lowest BCUT2D eigenvalue weighted by Gasteiger charge is -1.95. The highest BCUT2D eigenvalue weighted by atomic mass is 79.9. The van der Waals surface area contributed by atoms with Gasteiger partial charge < -0.3 is 4.98 Å². The van der Waals surface area contributed by atoms with Crippen LogP contribution in [0.5, 0.6) is 0 Å². The van der Waals surface area contributed by atoms with Gasteiger partial charge in [0.1, 0.15) is 11.2 Å². The number of aromatic nitrogens is 4. The standard InChI is InChI=1S/C12H11BrN4/c1-7-6-10(17(2)16-7)12-14-9-5-3-4-8(13)11(9)15-12/h3-6H,1-2H3,(H,14,15). The molecule has 4 nitrogen and oxygen atoms in total. The molecule has 0 aliphatic rings. The first-order chi connectivity index (χ1) is 8.15. The molecule has 0 spiro atoms. The summed E-state index contributed by atoms with van der Waals surface area (Å²) in [5.41, 5.74) is 3.95. The molecule has 0 atom stereocenters. The number of para-hydroxylation sites is 1. The summed E-state index contributed by atoms with van der Waals surface area (Å²) < 4.78 is 2.83. The lowest BCUT2D eigenvalue weighted by molar-refractivity contribution is 0.760. The quantitative estimate of drug-likeness (QED) is 0.749. The van der Waals surface area contributed by atoms with Gasteiger partial charge in [0.05, 0.1) is 11.2 Å². The zero-order chi connectivity index (χ0) is 12.0. The molecule has 2 heterocycles. The van der Waals surface area contributed by atoms with Crippen LogP contribution < -0.4 is 0 Å². The molecule has 1 aromatic carbocycles. The maximum atomic E-state index is 4.59. The Kier molecular flexibility index (Phi) is 2.29. The van der Waals surface area contributed by atoms with Crippen LogP contribution in [0, 0.1) is 6.92 Å². The number of aromatic amines is 1. The van der Waals surface area contributed by atoms with Crippen molar-refractivity contribution >= 4 is 27.0 Å². The van der Waals surface area contributed by atoms with Crippen molar-refractivity contribution < 1.29 is 0 Å². The number of nitrogens with one attached hydrogen (secondary N) is 1. The van der Waals surface area contributed by atoms with E-state index in [1.165, 1.54) is 0 Å². The monoisotopic (exact) mass is 290 g/mol. The molecule has 3 rings (SSSR count). The molecular formula is C12H11BrN4. The van der Waals surface area contributed by atoms with E-state index in [-0.39, 0.29) is 0 Å². The van der Waals surface area contributed by atoms with E-state index in [2.05, 4.69) is 31.0 Å². The van der Waals surface area contributed by atoms with Gasteiger partial charge in [0.25, 0.3) is 0 Å². The van der Waals surface area contributed by atoms with Crippen LogP contribution in [0.15, 0.2) is 28.7 Å². The Morgan fingerprint density at radius 3 is 2.82 bits per heavy atom. The Morgan fingerprint density at radius 2 is 2.18 bits per heavy atom. The van der Waals surface area contributed by atoms with Gasteiger partial charge >= 0.3 is 0 Å². The summed E-state index contributed by atoms with van der Waals surface area (Å²) in [7, 11) is 1.92. The van der Waals surface area contributed by atoms with E-state index >= 15 is 0 Å². The van der Waals surface area contributed by atoms with Crippen LogP contribution in [0.3, 0.4) is 0 Å². The number of imidazole rings is 1. The molecule has 0 saturated carbocycles. The first-order valence-electron chi connectivity index (χ1n) is 5.30. The first-order valence-corrected chi connectivity index (χ1v) is 6.09. The number of fused-ring (bicyclic) bond motifs is 1. The fourth-order valence-electron chi connectivity index (χ4n) is 1.95. The number of rotatable bonds is 1. The van der Waals surface area contributed by atoms with Gasteiger partial charge in [0.15, 0.2) is 5.82 Å². The molecule has 0 aliphatic carbocycles. The van der Waals surface area contributed by atoms with Crippen LogP contribution in [0.25, 0.3) is 22.6 Å². The van der Waals surface area contributed by atoms with E-state index < -0.39 is 0 Å². The van der Waals surface area contributed by atoms with Crippen LogP contribution in [0.2, 0.25) is 0 Å². The van der Waals surface area contributed by atoms with Gasteiger partial charge in [-0.25, -0.2) is 4.98 Å². The van der Waals surface area contributed by atoms with Gasteiger partial charge in [0, 0.05) is 11.5 Å². The van der Waals surface area contributed by atoms with E-state index in [1.54, 1.807) is 0 Å². The van der Waals surface area contributed by atoms with Crippen LogP contribution in [0.4, 0.5) is 0 Å². The predicted molar refractivity (Wildman–Crippen MR) is 70.7 cm³/mol. The van der Waals surface area contributed by atoms with Crippen molar-refractivity contribution in [1.29, 1.82) is 0 Å². The maximum Gasteiger partial charge on any atom is 0.156 e. The van der Waals surface area contributed by atoms with Crippen molar-refractivity contribution in [1.82, 2.24) is 19.7 Å². The zero-order valence-electron chi connectivity index (χ0n) is 9.53. The molecule has 5 heteroatoms. The molecule has 1 N–H and O–H groups in total. The third-order valence-corrected chi connectivity index (χ3v) is 3.35. The molecule has 0 amide bonds. The molecule has 0 bridgehead atoms. The molecule has 0 unspecified atom stereocenters. The second kappa shape index (κ2) is 3.70. The third kappa shape index (κ3) is 1.67. The van der Waals surface area contributed by atoms with Crippen molar-refractivity contribution in [2.24, 2.45) is 7.05 Å². The van der Waals surface area contributed by atoms with Gasteiger partial charge in [-0.3, -0.25) is 4.68 Å². The number of hydrogen-bond acceptors (Lipinski definition) is 2. The minimum atomic E-state index is 0.843. The van der Waals surface area contributed by atoms with E-state index in [0.717, 1.165) is 32.7 Å². The SMILES string of the molecule is Cc1cc(-c2nc3c(Br)cccc3[nH]2)n(C)n1. The Labute approximate surface area is 107 Å². The minimum absolute atomic E-state index is 0.843. The van der Waals surface area contributed by atoms with Crippen LogP contribution >= 0.6 is 15.9 Å². The van der Waals surface area contributed by atoms with Crippen molar-refractivity contribution in [3.63, 3.8) is 0 Å². The van der Waals surface area contributed by atoms with Gasteiger partial charge in [-0.2, -0.15) is 5.10 Å². The first kappa shape index (κ1) is 10.5. The highest BCUT2D eigenvalue weighted by Crippen LogP contribution is 2.25. The number of H-pyrrole nitrogens is 1. The minimum Gasteiger partial charge on any atom is -0.337 e. The van der Waals surface area contributed by atoms with Gasteiger partial charge in [-0.1, -0.05) is 6.07 Å². The van der Waals surface area contributed by atoms with Gasteiger partial charge in [0.2, 0.25) is 0 Å². The largest absolute Gasteiger partial charge is 0.337 e. The second-order valence-corrected chi connectivity index (χ2v) is 4.87. The molecule has 0 aliphatic heterocycles. The highest BCUT2D eigenvalue weighted by Gasteiger charge is 2.11. The van der Waals surface area contributed by atoms with Crippen molar-refractivity contribution in [2.45, 2.75) is 6.92 Å². The lowest BCUT2D eigenvalue weighted by Crippen LogP contribution is -1.94. The molecule has 0 radical (unpaired) electrons. The summed E-state index contributed by atoms with van der Waals surface area (Å²) >= 11 is 3.50. The van der Waals surface area contributed by atoms with E-state index in [1.807, 2.05) is 42.9 Å². The normalized spacial score (nSPS) is 11.2. The summed E-state index contributed by atoms with van der Waals surface area (Å²) in [4.78, 5) is 7.90. The molecule has 17 heavy (non-hydrogen) atoms. The van der Waals surface area contributed by atoms with E-state index in [0.29, 0.717) is 0 Å². The number of halogens is 1. The molecule has 0 fully saturated rings. The average Bonchev–Trinajstić information content (AvgIpc) is 2.82. The van der Waals surface area contributed by atoms with Gasteiger partial charge in [-0.05, 0) is 41.1 Å². The molecule has 2 aromatic heterocycles. The van der Waals surface area contributed by atoms with Gasteiger partial charge in [-0.15, -0.1) is 0 Å². The Bertz CT molecular complexity index is 696. The highest BCUT2D eigenvalue weighted by molar-refractivity contribution is 9.10. The Balaban J connectivity index is 2.25. The topological polar surface area (TPSA) is 46.5 Å². The van der Waals surface area contributed by atoms with Crippen LogP contribution in [-0.4, -0.2) is 19.7 Å². The number of hydrogen-bond donors (Lipinski definition) is 1. The average molecular weight is 291 g/mol. The number of benzene rings is 1. The summed E-state index contributed by atoms with van der Waals surface area (Å²) in [6.07, 6.45) is 0. The molecular weight excluding hydrogens is 280 g/mol. The van der Waals surface area contributed by atoms with Crippen LogP contribution in [0.1, 0.15) is 5.69 Å².